The molecule has 0 saturated carbocycles. The van der Waals surface area contributed by atoms with Gasteiger partial charge >= 0.3 is 10.3 Å². The summed E-state index contributed by atoms with van der Waals surface area (Å²) >= 11 is 0. The van der Waals surface area contributed by atoms with Gasteiger partial charge in [-0.2, -0.15) is 16.8 Å². The summed E-state index contributed by atoms with van der Waals surface area (Å²) in [6, 6.07) is 0. The van der Waals surface area contributed by atoms with E-state index in [0.29, 0.717) is 6.26 Å². The molecule has 9 heteroatoms. The molecule has 0 saturated heterocycles. The molecule has 10 heavy (non-hydrogen) atoms. The van der Waals surface area contributed by atoms with E-state index in [1.54, 1.807) is 0 Å². The Morgan fingerprint density at radius 2 is 1.10 bits per heavy atom. The fourth-order valence-corrected chi connectivity index (χ4v) is 0. The fourth-order valence-electron chi connectivity index (χ4n) is 0. The lowest BCUT2D eigenvalue weighted by atomic mass is 12.0. The second-order valence-corrected chi connectivity index (χ2v) is 3.74. The second-order valence-electron chi connectivity index (χ2n) is 1.25. The maximum absolute atomic E-state index is 9.19. The average Bonchev–Trinajstić information content (AvgIpc) is 1.12. The zero-order valence-electron chi connectivity index (χ0n) is 4.92. The first-order valence-electron chi connectivity index (χ1n) is 1.68. The van der Waals surface area contributed by atoms with Crippen LogP contribution in [0.2, 0.25) is 0 Å². The Morgan fingerprint density at radius 1 is 1.10 bits per heavy atom. The van der Waals surface area contributed by atoms with E-state index < -0.39 is 20.4 Å². The molecule has 0 aromatic heterocycles. The van der Waals surface area contributed by atoms with Gasteiger partial charge in [-0.15, -0.1) is 0 Å². The van der Waals surface area contributed by atoms with Gasteiger partial charge in [-0.25, -0.2) is 5.14 Å². The molecule has 0 radical (unpaired) electrons. The summed E-state index contributed by atoms with van der Waals surface area (Å²) in [6.07, 6.45) is 0.715. The molecule has 0 aliphatic rings. The molecule has 4 N–H and O–H groups in total. The third-order valence-electron chi connectivity index (χ3n) is 0. The molecule has 64 valence electrons. The third kappa shape index (κ3) is 7390. The van der Waals surface area contributed by atoms with Crippen LogP contribution in [0.1, 0.15) is 0 Å². The van der Waals surface area contributed by atoms with Crippen LogP contribution >= 0.6 is 0 Å². The van der Waals surface area contributed by atoms with E-state index in [2.05, 4.69) is 5.14 Å². The van der Waals surface area contributed by atoms with E-state index in [9.17, 15) is 8.42 Å². The predicted octanol–water partition coefficient (Wildman–Crippen LogP) is -1.75. The molecule has 0 aromatic rings. The lowest BCUT2D eigenvalue weighted by Crippen LogP contribution is -2.08. The summed E-state index contributed by atoms with van der Waals surface area (Å²) in [5.41, 5.74) is 0. The maximum Gasteiger partial charge on any atom is 0.330 e. The SMILES string of the molecule is CS(=O)(=O)O.NS(=O)(=O)O. The smallest absolute Gasteiger partial charge is 0.286 e. The Bertz CT molecular complexity index is 212. The molecule has 0 unspecified atom stereocenters. The van der Waals surface area contributed by atoms with Crippen LogP contribution in [-0.4, -0.2) is 32.2 Å². The highest BCUT2D eigenvalue weighted by Crippen LogP contribution is 1.60. The van der Waals surface area contributed by atoms with E-state index in [1.165, 1.54) is 0 Å². The van der Waals surface area contributed by atoms with E-state index in [-0.39, 0.29) is 0 Å². The van der Waals surface area contributed by atoms with Crippen molar-refractivity contribution in [2.75, 3.05) is 6.26 Å². The van der Waals surface area contributed by atoms with Gasteiger partial charge in [0.2, 0.25) is 0 Å². The summed E-state index contributed by atoms with van der Waals surface area (Å²) in [5, 5.41) is 3.88. The molecule has 0 rings (SSSR count). The topological polar surface area (TPSA) is 135 Å². The van der Waals surface area contributed by atoms with Gasteiger partial charge in [-0.05, 0) is 0 Å². The minimum Gasteiger partial charge on any atom is -0.286 e. The van der Waals surface area contributed by atoms with Crippen LogP contribution in [0.25, 0.3) is 0 Å². The van der Waals surface area contributed by atoms with Crippen LogP contribution in [0.3, 0.4) is 0 Å². The van der Waals surface area contributed by atoms with Gasteiger partial charge in [0.25, 0.3) is 10.1 Å². The summed E-state index contributed by atoms with van der Waals surface area (Å²) < 4.78 is 51.1. The van der Waals surface area contributed by atoms with E-state index in [4.69, 9.17) is 17.5 Å². The molecular formula is CH7NO6S2. The number of nitrogens with two attached hydrogens (primary N) is 1. The number of rotatable bonds is 0. The van der Waals surface area contributed by atoms with Gasteiger partial charge in [-0.3, -0.25) is 9.11 Å². The van der Waals surface area contributed by atoms with Crippen LogP contribution in [0, 0.1) is 0 Å². The largest absolute Gasteiger partial charge is 0.330 e. The zero-order chi connectivity index (χ0) is 9.00. The van der Waals surface area contributed by atoms with Crippen molar-refractivity contribution in [1.29, 1.82) is 0 Å². The Kier molecular flexibility index (Phi) is 4.77. The minimum atomic E-state index is -4.17. The van der Waals surface area contributed by atoms with Gasteiger partial charge in [0.1, 0.15) is 0 Å². The lowest BCUT2D eigenvalue weighted by molar-refractivity contribution is 0.484. The Hall–Kier alpha value is -0.220. The quantitative estimate of drug-likeness (QED) is 0.390. The van der Waals surface area contributed by atoms with Crippen molar-refractivity contribution >= 4 is 20.4 Å². The first kappa shape index (κ1) is 12.5. The van der Waals surface area contributed by atoms with E-state index >= 15 is 0 Å². The highest BCUT2D eigenvalue weighted by atomic mass is 32.2. The number of hydrogen-bond acceptors (Lipinski definition) is 4. The first-order valence-corrected chi connectivity index (χ1v) is 5.03. The first-order chi connectivity index (χ1) is 4.00. The molecule has 0 aliphatic carbocycles. The summed E-state index contributed by atoms with van der Waals surface area (Å²) in [4.78, 5) is 0. The van der Waals surface area contributed by atoms with Crippen molar-refractivity contribution in [2.45, 2.75) is 0 Å². The highest BCUT2D eigenvalue weighted by molar-refractivity contribution is 7.85. The molecule has 0 atom stereocenters. The summed E-state index contributed by atoms with van der Waals surface area (Å²) in [5.74, 6) is 0. The lowest BCUT2D eigenvalue weighted by Gasteiger charge is -1.70. The zero-order valence-corrected chi connectivity index (χ0v) is 6.55. The monoisotopic (exact) mass is 193 g/mol. The van der Waals surface area contributed by atoms with E-state index in [0.717, 1.165) is 0 Å². The van der Waals surface area contributed by atoms with Crippen molar-refractivity contribution in [3.8, 4) is 0 Å². The molecule has 0 spiro atoms. The van der Waals surface area contributed by atoms with Gasteiger partial charge in [0.05, 0.1) is 6.26 Å². The van der Waals surface area contributed by atoms with Crippen LogP contribution < -0.4 is 5.14 Å². The Labute approximate surface area is 58.5 Å². The Balaban J connectivity index is 0. The molecule has 0 bridgehead atoms. The van der Waals surface area contributed by atoms with Crippen LogP contribution in [0.5, 0.6) is 0 Å². The molecule has 0 fully saturated rings. The summed E-state index contributed by atoms with van der Waals surface area (Å²) in [7, 11) is -7.83. The van der Waals surface area contributed by atoms with Gasteiger partial charge in [-0.1, -0.05) is 0 Å². The van der Waals surface area contributed by atoms with Gasteiger partial charge < -0.3 is 0 Å². The van der Waals surface area contributed by atoms with Crippen molar-refractivity contribution in [2.24, 2.45) is 5.14 Å². The van der Waals surface area contributed by atoms with Gasteiger partial charge in [0.15, 0.2) is 0 Å². The normalized spacial score (nSPS) is 11.6. The minimum absolute atomic E-state index is 0.715. The fraction of sp³-hybridized carbons (Fsp3) is 1.00. The third-order valence-corrected chi connectivity index (χ3v) is 0. The molecular weight excluding hydrogens is 186 g/mol. The molecule has 0 heterocycles. The molecule has 0 amide bonds. The van der Waals surface area contributed by atoms with Crippen molar-refractivity contribution in [3.05, 3.63) is 0 Å². The second kappa shape index (κ2) is 3.83. The molecule has 7 nitrogen and oxygen atoms in total. The Morgan fingerprint density at radius 3 is 1.10 bits per heavy atom. The van der Waals surface area contributed by atoms with Gasteiger partial charge in [0, 0.05) is 0 Å². The van der Waals surface area contributed by atoms with Crippen molar-refractivity contribution in [1.82, 2.24) is 0 Å². The highest BCUT2D eigenvalue weighted by Gasteiger charge is 1.81. The standard InChI is InChI=1S/CH4O3S.H3NO3S/c2*1-5(2,3)4/h1H3,(H,2,3,4);(H3,1,2,3,4). The van der Waals surface area contributed by atoms with Crippen LogP contribution in [-0.2, 0) is 20.4 Å². The van der Waals surface area contributed by atoms with Crippen molar-refractivity contribution in [3.63, 3.8) is 0 Å². The van der Waals surface area contributed by atoms with Crippen LogP contribution in [0.4, 0.5) is 0 Å². The molecule has 0 aliphatic heterocycles. The van der Waals surface area contributed by atoms with Crippen LogP contribution in [0.15, 0.2) is 0 Å². The maximum atomic E-state index is 9.19. The summed E-state index contributed by atoms with van der Waals surface area (Å²) in [6.45, 7) is 0. The molecule has 0 aromatic carbocycles. The van der Waals surface area contributed by atoms with E-state index in [1.807, 2.05) is 0 Å². The average molecular weight is 193 g/mol. The number of hydrogen-bond donors (Lipinski definition) is 3. The van der Waals surface area contributed by atoms with Crippen molar-refractivity contribution < 1.29 is 25.9 Å². The predicted molar refractivity (Wildman–Crippen MR) is 33.2 cm³/mol.